The van der Waals surface area contributed by atoms with Crippen LogP contribution in [0.2, 0.25) is 0 Å². The number of amides is 1. The number of piperidine rings is 1. The Morgan fingerprint density at radius 3 is 2.60 bits per heavy atom. The lowest BCUT2D eigenvalue weighted by Crippen LogP contribution is -2.39. The minimum Gasteiger partial charge on any atom is -0.495 e. The first-order valence-corrected chi connectivity index (χ1v) is 10.6. The number of carbonyl (C=O) groups is 1. The first kappa shape index (κ1) is 18.1. The van der Waals surface area contributed by atoms with Crippen LogP contribution in [0.4, 0.5) is 0 Å². The van der Waals surface area contributed by atoms with E-state index in [2.05, 4.69) is 4.99 Å². The predicted octanol–water partition coefficient (Wildman–Crippen LogP) is 1.35. The number of hydrogen-bond acceptors (Lipinski definition) is 5. The molecule has 1 saturated heterocycles. The highest BCUT2D eigenvalue weighted by molar-refractivity contribution is 7.88. The number of methoxy groups -OCH3 is 1. The molecule has 3 rings (SSSR count). The molecule has 1 aliphatic heterocycles. The van der Waals surface area contributed by atoms with Gasteiger partial charge >= 0.3 is 0 Å². The Bertz CT molecular complexity index is 967. The van der Waals surface area contributed by atoms with Crippen molar-refractivity contribution in [1.82, 2.24) is 8.87 Å². The summed E-state index contributed by atoms with van der Waals surface area (Å²) in [7, 11) is 0.286. The number of ether oxygens (including phenoxy) is 1. The van der Waals surface area contributed by atoms with E-state index in [1.807, 2.05) is 29.8 Å². The Kier molecular flexibility index (Phi) is 4.99. The van der Waals surface area contributed by atoms with E-state index in [9.17, 15) is 13.2 Å². The van der Waals surface area contributed by atoms with Gasteiger partial charge in [0.25, 0.3) is 5.91 Å². The fraction of sp³-hybridized carbons (Fsp3) is 0.500. The number of sulfonamides is 1. The van der Waals surface area contributed by atoms with Crippen molar-refractivity contribution in [2.75, 3.05) is 26.5 Å². The number of fused-ring (bicyclic) bond motifs is 1. The standard InChI is InChI=1S/C16H21N3O4S2/c1-18-14-12(23-2)5-4-6-13(14)24-16(18)17-15(20)11-7-9-19(10-8-11)25(3,21)22/h4-6,11H,7-10H2,1-3H3. The van der Waals surface area contributed by atoms with Gasteiger partial charge in [-0.05, 0) is 25.0 Å². The van der Waals surface area contributed by atoms with Crippen molar-refractivity contribution in [3.05, 3.63) is 23.0 Å². The Morgan fingerprint density at radius 2 is 2.00 bits per heavy atom. The Labute approximate surface area is 150 Å². The summed E-state index contributed by atoms with van der Waals surface area (Å²) in [5.74, 6) is 0.325. The minimum absolute atomic E-state index is 0.186. The van der Waals surface area contributed by atoms with Crippen molar-refractivity contribution in [1.29, 1.82) is 0 Å². The van der Waals surface area contributed by atoms with E-state index in [-0.39, 0.29) is 11.8 Å². The van der Waals surface area contributed by atoms with Crippen LogP contribution in [-0.4, -0.2) is 49.7 Å². The zero-order valence-corrected chi connectivity index (χ0v) is 16.1. The van der Waals surface area contributed by atoms with Crippen LogP contribution in [0.5, 0.6) is 5.75 Å². The zero-order valence-electron chi connectivity index (χ0n) is 14.4. The fourth-order valence-electron chi connectivity index (χ4n) is 3.06. The second kappa shape index (κ2) is 6.89. The molecule has 7 nitrogen and oxygen atoms in total. The van der Waals surface area contributed by atoms with E-state index >= 15 is 0 Å². The van der Waals surface area contributed by atoms with Crippen molar-refractivity contribution in [3.63, 3.8) is 0 Å². The Hall–Kier alpha value is -1.71. The molecule has 0 saturated carbocycles. The van der Waals surface area contributed by atoms with Crippen LogP contribution in [0.25, 0.3) is 10.2 Å². The maximum absolute atomic E-state index is 12.5. The minimum atomic E-state index is -3.19. The molecule has 136 valence electrons. The van der Waals surface area contributed by atoms with Crippen LogP contribution in [-0.2, 0) is 21.9 Å². The monoisotopic (exact) mass is 383 g/mol. The maximum atomic E-state index is 12.5. The van der Waals surface area contributed by atoms with Gasteiger partial charge in [0.15, 0.2) is 4.80 Å². The number of aromatic nitrogens is 1. The number of rotatable bonds is 3. The van der Waals surface area contributed by atoms with Crippen LogP contribution in [0.3, 0.4) is 0 Å². The third kappa shape index (κ3) is 3.63. The molecule has 0 aliphatic carbocycles. The fourth-order valence-corrected chi connectivity index (χ4v) is 4.98. The molecule has 0 unspecified atom stereocenters. The van der Waals surface area contributed by atoms with Crippen LogP contribution in [0.1, 0.15) is 12.8 Å². The molecule has 0 N–H and O–H groups in total. The molecular formula is C16H21N3O4S2. The lowest BCUT2D eigenvalue weighted by Gasteiger charge is -2.28. The van der Waals surface area contributed by atoms with E-state index in [0.29, 0.717) is 30.7 Å². The summed E-state index contributed by atoms with van der Waals surface area (Å²) in [6.45, 7) is 0.744. The second-order valence-corrected chi connectivity index (χ2v) is 9.13. The molecule has 0 bridgehead atoms. The summed E-state index contributed by atoms with van der Waals surface area (Å²) in [5.41, 5.74) is 0.911. The van der Waals surface area contributed by atoms with Gasteiger partial charge in [0, 0.05) is 26.1 Å². The highest BCUT2D eigenvalue weighted by Crippen LogP contribution is 2.26. The number of para-hydroxylation sites is 1. The quantitative estimate of drug-likeness (QED) is 0.801. The van der Waals surface area contributed by atoms with Gasteiger partial charge in [-0.2, -0.15) is 4.99 Å². The molecule has 0 radical (unpaired) electrons. The maximum Gasteiger partial charge on any atom is 0.251 e. The van der Waals surface area contributed by atoms with Crippen LogP contribution in [0, 0.1) is 5.92 Å². The molecular weight excluding hydrogens is 362 g/mol. The largest absolute Gasteiger partial charge is 0.495 e. The number of nitrogens with zero attached hydrogens (tertiary/aromatic N) is 3. The first-order chi connectivity index (χ1) is 11.8. The number of benzene rings is 1. The summed E-state index contributed by atoms with van der Waals surface area (Å²) in [4.78, 5) is 17.5. The summed E-state index contributed by atoms with van der Waals surface area (Å²) in [6.07, 6.45) is 2.21. The van der Waals surface area contributed by atoms with Crippen molar-refractivity contribution >= 4 is 37.5 Å². The molecule has 2 heterocycles. The van der Waals surface area contributed by atoms with Gasteiger partial charge in [-0.25, -0.2) is 12.7 Å². The van der Waals surface area contributed by atoms with Gasteiger partial charge in [-0.1, -0.05) is 17.4 Å². The summed E-state index contributed by atoms with van der Waals surface area (Å²) in [5, 5.41) is 0. The Morgan fingerprint density at radius 1 is 1.32 bits per heavy atom. The third-order valence-electron chi connectivity index (χ3n) is 4.48. The topological polar surface area (TPSA) is 81.0 Å². The van der Waals surface area contributed by atoms with E-state index in [4.69, 9.17) is 4.74 Å². The molecule has 0 atom stereocenters. The molecule has 0 spiro atoms. The van der Waals surface area contributed by atoms with Crippen LogP contribution < -0.4 is 9.54 Å². The first-order valence-electron chi connectivity index (χ1n) is 7.97. The zero-order chi connectivity index (χ0) is 18.2. The van der Waals surface area contributed by atoms with Gasteiger partial charge in [0.05, 0.1) is 18.1 Å². The van der Waals surface area contributed by atoms with Crippen molar-refractivity contribution < 1.29 is 17.9 Å². The van der Waals surface area contributed by atoms with Crippen molar-refractivity contribution in [2.45, 2.75) is 12.8 Å². The van der Waals surface area contributed by atoms with Gasteiger partial charge in [-0.3, -0.25) is 4.79 Å². The van der Waals surface area contributed by atoms with Crippen LogP contribution in [0.15, 0.2) is 23.2 Å². The predicted molar refractivity (Wildman–Crippen MR) is 97.1 cm³/mol. The Balaban J connectivity index is 1.85. The highest BCUT2D eigenvalue weighted by Gasteiger charge is 2.28. The average molecular weight is 383 g/mol. The van der Waals surface area contributed by atoms with E-state index < -0.39 is 10.0 Å². The summed E-state index contributed by atoms with van der Waals surface area (Å²) >= 11 is 1.44. The molecule has 1 fully saturated rings. The number of thiazole rings is 1. The SMILES string of the molecule is COc1cccc2sc(=NC(=O)C3CCN(S(C)(=O)=O)CC3)n(C)c12. The van der Waals surface area contributed by atoms with Gasteiger partial charge < -0.3 is 9.30 Å². The second-order valence-electron chi connectivity index (χ2n) is 6.14. The molecule has 9 heteroatoms. The van der Waals surface area contributed by atoms with E-state index in [1.165, 1.54) is 21.9 Å². The number of aryl methyl sites for hydroxylation is 1. The number of hydrogen-bond donors (Lipinski definition) is 0. The molecule has 1 aromatic heterocycles. The van der Waals surface area contributed by atoms with Gasteiger partial charge in [-0.15, -0.1) is 0 Å². The normalized spacial score (nSPS) is 18.0. The van der Waals surface area contributed by atoms with E-state index in [0.717, 1.165) is 16.0 Å². The van der Waals surface area contributed by atoms with Gasteiger partial charge in [0.1, 0.15) is 11.3 Å². The summed E-state index contributed by atoms with van der Waals surface area (Å²) < 4.78 is 32.8. The smallest absolute Gasteiger partial charge is 0.251 e. The molecule has 25 heavy (non-hydrogen) atoms. The highest BCUT2D eigenvalue weighted by atomic mass is 32.2. The molecule has 1 aliphatic rings. The van der Waals surface area contributed by atoms with Gasteiger partial charge in [0.2, 0.25) is 10.0 Å². The molecule has 2 aromatic rings. The van der Waals surface area contributed by atoms with Crippen molar-refractivity contribution in [3.8, 4) is 5.75 Å². The summed E-state index contributed by atoms with van der Waals surface area (Å²) in [6, 6.07) is 5.75. The van der Waals surface area contributed by atoms with Crippen molar-refractivity contribution in [2.24, 2.45) is 18.0 Å². The lowest BCUT2D eigenvalue weighted by molar-refractivity contribution is -0.122. The average Bonchev–Trinajstić information content (AvgIpc) is 2.90. The molecule has 1 aromatic carbocycles. The number of carbonyl (C=O) groups excluding carboxylic acids is 1. The van der Waals surface area contributed by atoms with Crippen LogP contribution >= 0.6 is 11.3 Å². The third-order valence-corrected chi connectivity index (χ3v) is 6.88. The lowest BCUT2D eigenvalue weighted by atomic mass is 9.98. The van der Waals surface area contributed by atoms with E-state index in [1.54, 1.807) is 7.11 Å². The molecule has 1 amide bonds.